The lowest BCUT2D eigenvalue weighted by Gasteiger charge is -2.06. The summed E-state index contributed by atoms with van der Waals surface area (Å²) >= 11 is 5.77. The average molecular weight is 306 g/mol. The van der Waals surface area contributed by atoms with Gasteiger partial charge in [-0.2, -0.15) is 0 Å². The third-order valence-corrected chi connectivity index (χ3v) is 3.17. The van der Waals surface area contributed by atoms with Crippen molar-refractivity contribution in [2.24, 2.45) is 0 Å². The van der Waals surface area contributed by atoms with Crippen LogP contribution < -0.4 is 5.32 Å². The largest absolute Gasteiger partial charge is 0.351 e. The van der Waals surface area contributed by atoms with Crippen LogP contribution in [0.2, 0.25) is 5.02 Å². The van der Waals surface area contributed by atoms with Gasteiger partial charge >= 0.3 is 5.69 Å². The minimum Gasteiger partial charge on any atom is -0.351 e. The van der Waals surface area contributed by atoms with Crippen LogP contribution in [0.3, 0.4) is 0 Å². The number of hydrogen-bond donors (Lipinski definition) is 1. The van der Waals surface area contributed by atoms with Gasteiger partial charge in [-0.25, -0.2) is 0 Å². The first kappa shape index (κ1) is 14.9. The van der Waals surface area contributed by atoms with Crippen molar-refractivity contribution in [3.8, 4) is 0 Å². The minimum absolute atomic E-state index is 0.0396. The Morgan fingerprint density at radius 2 is 2.00 bits per heavy atom. The lowest BCUT2D eigenvalue weighted by molar-refractivity contribution is -0.385. The summed E-state index contributed by atoms with van der Waals surface area (Å²) in [6, 6.07) is 7.95. The number of aromatic nitrogens is 1. The van der Waals surface area contributed by atoms with E-state index < -0.39 is 10.8 Å². The summed E-state index contributed by atoms with van der Waals surface area (Å²) in [7, 11) is 0. The summed E-state index contributed by atoms with van der Waals surface area (Å²) in [5.41, 5.74) is 0.605. The summed E-state index contributed by atoms with van der Waals surface area (Å²) in [4.78, 5) is 26.2. The van der Waals surface area contributed by atoms with Crippen LogP contribution in [0.15, 0.2) is 42.7 Å². The van der Waals surface area contributed by atoms with Crippen molar-refractivity contribution in [1.82, 2.24) is 10.3 Å². The lowest BCUT2D eigenvalue weighted by Crippen LogP contribution is -2.26. The van der Waals surface area contributed by atoms with Gasteiger partial charge in [0.15, 0.2) is 0 Å². The maximum Gasteiger partial charge on any atom is 0.300 e. The molecule has 0 spiro atoms. The number of halogens is 1. The van der Waals surface area contributed by atoms with E-state index >= 15 is 0 Å². The molecule has 1 heterocycles. The molecule has 0 atom stereocenters. The molecule has 6 nitrogen and oxygen atoms in total. The Morgan fingerprint density at radius 1 is 1.29 bits per heavy atom. The maximum atomic E-state index is 12.0. The van der Waals surface area contributed by atoms with Crippen molar-refractivity contribution in [3.05, 3.63) is 69.0 Å². The van der Waals surface area contributed by atoms with E-state index in [4.69, 9.17) is 11.6 Å². The predicted octanol–water partition coefficient (Wildman–Crippen LogP) is 2.62. The zero-order valence-electron chi connectivity index (χ0n) is 11.0. The number of amides is 1. The van der Waals surface area contributed by atoms with Gasteiger partial charge in [-0.05, 0) is 36.2 Å². The smallest absolute Gasteiger partial charge is 0.300 e. The summed E-state index contributed by atoms with van der Waals surface area (Å²) in [6.07, 6.45) is 3.94. The van der Waals surface area contributed by atoms with Gasteiger partial charge in [0.1, 0.15) is 10.6 Å². The first-order chi connectivity index (χ1) is 10.1. The molecule has 0 radical (unpaired) electrons. The zero-order chi connectivity index (χ0) is 15.2. The SMILES string of the molecule is O=C(NCCc1ccncc1)c1cccc(Cl)c1[N+](=O)[O-]. The molecule has 0 bridgehead atoms. The molecule has 0 saturated heterocycles. The number of para-hydroxylation sites is 1. The fourth-order valence-corrected chi connectivity index (χ4v) is 2.09. The average Bonchev–Trinajstić information content (AvgIpc) is 2.47. The standard InChI is InChI=1S/C14H12ClN3O3/c15-12-3-1-2-11(13(12)18(20)21)14(19)17-9-6-10-4-7-16-8-5-10/h1-5,7-8H,6,9H2,(H,17,19). The molecule has 0 aliphatic heterocycles. The molecule has 7 heteroatoms. The van der Waals surface area contributed by atoms with Gasteiger partial charge in [-0.1, -0.05) is 17.7 Å². The third kappa shape index (κ3) is 3.76. The number of hydrogen-bond acceptors (Lipinski definition) is 4. The minimum atomic E-state index is -0.653. The molecule has 0 unspecified atom stereocenters. The van der Waals surface area contributed by atoms with Crippen molar-refractivity contribution < 1.29 is 9.72 Å². The van der Waals surface area contributed by atoms with Crippen LogP contribution in [-0.2, 0) is 6.42 Å². The number of carbonyl (C=O) groups excluding carboxylic acids is 1. The molecule has 108 valence electrons. The molecule has 1 N–H and O–H groups in total. The van der Waals surface area contributed by atoms with Gasteiger partial charge in [-0.15, -0.1) is 0 Å². The lowest BCUT2D eigenvalue weighted by atomic mass is 10.1. The van der Waals surface area contributed by atoms with Crippen LogP contribution in [0.4, 0.5) is 5.69 Å². The summed E-state index contributed by atoms with van der Waals surface area (Å²) in [6.45, 7) is 0.368. The molecule has 0 aliphatic carbocycles. The van der Waals surface area contributed by atoms with E-state index in [9.17, 15) is 14.9 Å². The molecule has 0 saturated carbocycles. The molecule has 1 aromatic heterocycles. The van der Waals surface area contributed by atoms with Crippen LogP contribution in [-0.4, -0.2) is 22.4 Å². The van der Waals surface area contributed by atoms with Gasteiger partial charge in [-0.3, -0.25) is 19.9 Å². The summed E-state index contributed by atoms with van der Waals surface area (Å²) < 4.78 is 0. The molecule has 2 aromatic rings. The molecule has 0 fully saturated rings. The van der Waals surface area contributed by atoms with Crippen LogP contribution in [0.5, 0.6) is 0 Å². The highest BCUT2D eigenvalue weighted by molar-refractivity contribution is 6.33. The highest BCUT2D eigenvalue weighted by atomic mass is 35.5. The van der Waals surface area contributed by atoms with Crippen molar-refractivity contribution >= 4 is 23.2 Å². The molecule has 21 heavy (non-hydrogen) atoms. The van der Waals surface area contributed by atoms with E-state index in [1.54, 1.807) is 12.4 Å². The Balaban J connectivity index is 2.04. The van der Waals surface area contributed by atoms with E-state index in [0.717, 1.165) is 5.56 Å². The number of nitro benzene ring substituents is 1. The van der Waals surface area contributed by atoms with Gasteiger partial charge < -0.3 is 5.32 Å². The highest BCUT2D eigenvalue weighted by Gasteiger charge is 2.23. The van der Waals surface area contributed by atoms with E-state index in [-0.39, 0.29) is 16.3 Å². The monoisotopic (exact) mass is 305 g/mol. The topological polar surface area (TPSA) is 85.1 Å². The zero-order valence-corrected chi connectivity index (χ0v) is 11.7. The number of pyridine rings is 1. The number of nitrogens with zero attached hydrogens (tertiary/aromatic N) is 2. The summed E-state index contributed by atoms with van der Waals surface area (Å²) in [5.74, 6) is -0.516. The Kier molecular flexibility index (Phi) is 4.84. The molecular weight excluding hydrogens is 294 g/mol. The van der Waals surface area contributed by atoms with E-state index in [1.807, 2.05) is 12.1 Å². The Morgan fingerprint density at radius 3 is 2.67 bits per heavy atom. The van der Waals surface area contributed by atoms with E-state index in [1.165, 1.54) is 18.2 Å². The molecule has 2 rings (SSSR count). The number of nitro groups is 1. The van der Waals surface area contributed by atoms with Crippen LogP contribution in [0.25, 0.3) is 0 Å². The quantitative estimate of drug-likeness (QED) is 0.679. The third-order valence-electron chi connectivity index (χ3n) is 2.86. The van der Waals surface area contributed by atoms with Gasteiger partial charge in [0.05, 0.1) is 4.92 Å². The van der Waals surface area contributed by atoms with Gasteiger partial charge in [0.25, 0.3) is 5.91 Å². The van der Waals surface area contributed by atoms with E-state index in [2.05, 4.69) is 10.3 Å². The van der Waals surface area contributed by atoms with Crippen molar-refractivity contribution in [2.75, 3.05) is 6.54 Å². The fraction of sp³-hybridized carbons (Fsp3) is 0.143. The molecule has 1 aromatic carbocycles. The molecule has 1 amide bonds. The van der Waals surface area contributed by atoms with Gasteiger partial charge in [0, 0.05) is 18.9 Å². The Hall–Kier alpha value is -2.47. The number of benzene rings is 1. The second-order valence-corrected chi connectivity index (χ2v) is 4.66. The number of rotatable bonds is 5. The van der Waals surface area contributed by atoms with Crippen molar-refractivity contribution in [2.45, 2.75) is 6.42 Å². The Labute approximate surface area is 125 Å². The molecule has 0 aliphatic rings. The van der Waals surface area contributed by atoms with Crippen LogP contribution >= 0.6 is 11.6 Å². The second kappa shape index (κ2) is 6.81. The van der Waals surface area contributed by atoms with Crippen molar-refractivity contribution in [1.29, 1.82) is 0 Å². The first-order valence-electron chi connectivity index (χ1n) is 6.19. The van der Waals surface area contributed by atoms with Gasteiger partial charge in [0.2, 0.25) is 0 Å². The normalized spacial score (nSPS) is 10.1. The van der Waals surface area contributed by atoms with Crippen LogP contribution in [0, 0.1) is 10.1 Å². The van der Waals surface area contributed by atoms with E-state index in [0.29, 0.717) is 13.0 Å². The first-order valence-corrected chi connectivity index (χ1v) is 6.57. The highest BCUT2D eigenvalue weighted by Crippen LogP contribution is 2.27. The Bertz CT molecular complexity index is 662. The van der Waals surface area contributed by atoms with Crippen molar-refractivity contribution in [3.63, 3.8) is 0 Å². The predicted molar refractivity (Wildman–Crippen MR) is 78.4 cm³/mol. The second-order valence-electron chi connectivity index (χ2n) is 4.25. The fourth-order valence-electron chi connectivity index (χ4n) is 1.85. The maximum absolute atomic E-state index is 12.0. The van der Waals surface area contributed by atoms with Crippen LogP contribution in [0.1, 0.15) is 15.9 Å². The number of carbonyl (C=O) groups is 1. The number of nitrogens with one attached hydrogen (secondary N) is 1. The molecular formula is C14H12ClN3O3. The summed E-state index contributed by atoms with van der Waals surface area (Å²) in [5, 5.41) is 13.6.